The Hall–Kier alpha value is -1.69. The van der Waals surface area contributed by atoms with Gasteiger partial charge in [0.2, 0.25) is 0 Å². The molecular formula is C31H48O5. The van der Waals surface area contributed by atoms with Gasteiger partial charge < -0.3 is 19.7 Å². The van der Waals surface area contributed by atoms with Crippen LogP contribution in [0.15, 0.2) is 47.1 Å². The maximum atomic E-state index is 12.6. The summed E-state index contributed by atoms with van der Waals surface area (Å²) >= 11 is 0. The molecule has 0 bridgehead atoms. The number of rotatable bonds is 9. The molecule has 0 saturated heterocycles. The largest absolute Gasteiger partial charge is 0.457 e. The number of hydrogen-bond acceptors (Lipinski definition) is 5. The molecule has 0 spiro atoms. The Kier molecular flexibility index (Phi) is 9.12. The summed E-state index contributed by atoms with van der Waals surface area (Å²) < 4.78 is 11.5. The average molecular weight is 501 g/mol. The molecule has 5 heteroatoms. The Morgan fingerprint density at radius 1 is 1.28 bits per heavy atom. The number of fused-ring (bicyclic) bond motifs is 1. The Bertz CT molecular complexity index is 921. The first-order valence-corrected chi connectivity index (χ1v) is 14.0. The molecule has 0 heterocycles. The van der Waals surface area contributed by atoms with Crippen LogP contribution in [-0.4, -0.2) is 40.3 Å². The fraction of sp³-hybridized carbons (Fsp3) is 0.710. The molecule has 3 rings (SSSR count). The summed E-state index contributed by atoms with van der Waals surface area (Å²) in [6.07, 6.45) is 12.9. The first kappa shape index (κ1) is 28.9. The molecule has 2 fully saturated rings. The van der Waals surface area contributed by atoms with E-state index in [0.29, 0.717) is 24.3 Å². The molecule has 0 aromatic carbocycles. The lowest BCUT2D eigenvalue weighted by molar-refractivity contribution is -0.230. The van der Waals surface area contributed by atoms with Crippen molar-refractivity contribution in [3.63, 3.8) is 0 Å². The summed E-state index contributed by atoms with van der Waals surface area (Å²) in [5, 5.41) is 21.8. The highest BCUT2D eigenvalue weighted by Gasteiger charge is 2.44. The van der Waals surface area contributed by atoms with Crippen LogP contribution in [0.5, 0.6) is 0 Å². The Labute approximate surface area is 218 Å². The van der Waals surface area contributed by atoms with Crippen LogP contribution in [0.4, 0.5) is 0 Å². The lowest BCUT2D eigenvalue weighted by Gasteiger charge is -2.41. The van der Waals surface area contributed by atoms with Gasteiger partial charge in [-0.2, -0.15) is 0 Å². The number of aliphatic hydroxyl groups excluding tert-OH is 1. The molecular weight excluding hydrogens is 452 g/mol. The summed E-state index contributed by atoms with van der Waals surface area (Å²) in [4.78, 5) is 12.6. The van der Waals surface area contributed by atoms with E-state index >= 15 is 0 Å². The molecule has 2 N–H and O–H groups in total. The van der Waals surface area contributed by atoms with Crippen LogP contribution >= 0.6 is 0 Å². The van der Waals surface area contributed by atoms with Gasteiger partial charge in [-0.15, -0.1) is 0 Å². The molecule has 2 saturated carbocycles. The molecule has 3 aliphatic carbocycles. The number of aliphatic hydroxyl groups is 2. The highest BCUT2D eigenvalue weighted by Crippen LogP contribution is 2.55. The summed E-state index contributed by atoms with van der Waals surface area (Å²) in [6, 6.07) is 0. The Balaban J connectivity index is 1.71. The predicted molar refractivity (Wildman–Crippen MR) is 144 cm³/mol. The Morgan fingerprint density at radius 2 is 1.97 bits per heavy atom. The molecule has 1 unspecified atom stereocenters. The number of allylic oxidation sites excluding steroid dienone is 5. The van der Waals surface area contributed by atoms with E-state index in [2.05, 4.69) is 32.6 Å². The minimum Gasteiger partial charge on any atom is -0.457 e. The second-order valence-electron chi connectivity index (χ2n) is 11.6. The van der Waals surface area contributed by atoms with Crippen LogP contribution in [0.1, 0.15) is 99.3 Å². The summed E-state index contributed by atoms with van der Waals surface area (Å²) in [7, 11) is 0. The van der Waals surface area contributed by atoms with Crippen LogP contribution < -0.4 is 0 Å². The van der Waals surface area contributed by atoms with E-state index in [9.17, 15) is 15.0 Å². The average Bonchev–Trinajstić information content (AvgIpc) is 3.19. The van der Waals surface area contributed by atoms with E-state index in [0.717, 1.165) is 24.8 Å². The van der Waals surface area contributed by atoms with Crippen molar-refractivity contribution in [3.05, 3.63) is 47.1 Å². The lowest BCUT2D eigenvalue weighted by Crippen LogP contribution is -2.45. The number of carbonyl (C=O) groups excluding carboxylic acids is 1. The second kappa shape index (κ2) is 11.4. The second-order valence-corrected chi connectivity index (χ2v) is 11.6. The van der Waals surface area contributed by atoms with Crippen molar-refractivity contribution in [1.29, 1.82) is 0 Å². The minimum atomic E-state index is -1.64. The molecule has 0 aromatic heterocycles. The van der Waals surface area contributed by atoms with E-state index in [4.69, 9.17) is 9.47 Å². The van der Waals surface area contributed by atoms with Gasteiger partial charge in [-0.05, 0) is 73.3 Å². The zero-order valence-corrected chi connectivity index (χ0v) is 23.4. The number of carbonyl (C=O) groups is 1. The lowest BCUT2D eigenvalue weighted by atomic mass is 9.64. The van der Waals surface area contributed by atoms with Crippen molar-refractivity contribution >= 4 is 5.97 Å². The monoisotopic (exact) mass is 500 g/mol. The molecule has 36 heavy (non-hydrogen) atoms. The van der Waals surface area contributed by atoms with Crippen LogP contribution in [-0.2, 0) is 14.3 Å². The van der Waals surface area contributed by atoms with Gasteiger partial charge in [0, 0.05) is 12.8 Å². The third kappa shape index (κ3) is 5.74. The normalized spacial score (nSPS) is 33.2. The van der Waals surface area contributed by atoms with Crippen LogP contribution in [0.3, 0.4) is 0 Å². The zero-order chi connectivity index (χ0) is 26.7. The minimum absolute atomic E-state index is 0.0195. The van der Waals surface area contributed by atoms with Crippen molar-refractivity contribution in [1.82, 2.24) is 0 Å². The van der Waals surface area contributed by atoms with Crippen molar-refractivity contribution in [2.45, 2.75) is 117 Å². The first-order valence-electron chi connectivity index (χ1n) is 14.0. The van der Waals surface area contributed by atoms with Crippen LogP contribution in [0, 0.1) is 17.3 Å². The van der Waals surface area contributed by atoms with Gasteiger partial charge in [-0.1, -0.05) is 77.5 Å². The van der Waals surface area contributed by atoms with Crippen molar-refractivity contribution in [2.24, 2.45) is 17.3 Å². The van der Waals surface area contributed by atoms with Gasteiger partial charge in [-0.3, -0.25) is 0 Å². The van der Waals surface area contributed by atoms with Crippen molar-refractivity contribution < 1.29 is 24.5 Å². The number of ether oxygens (including phenoxy) is 2. The number of esters is 1. The summed E-state index contributed by atoms with van der Waals surface area (Å²) in [5.74, 6) is -1.45. The molecule has 0 amide bonds. The summed E-state index contributed by atoms with van der Waals surface area (Å²) in [6.45, 7) is 16.5. The van der Waals surface area contributed by atoms with Gasteiger partial charge in [-0.25, -0.2) is 4.79 Å². The van der Waals surface area contributed by atoms with E-state index in [1.165, 1.54) is 18.4 Å². The van der Waals surface area contributed by atoms with E-state index in [1.807, 2.05) is 33.8 Å². The fourth-order valence-electron chi connectivity index (χ4n) is 6.84. The topological polar surface area (TPSA) is 76.0 Å². The molecule has 4 atom stereocenters. The molecule has 202 valence electrons. The fourth-order valence-corrected chi connectivity index (χ4v) is 6.84. The maximum absolute atomic E-state index is 12.6. The standard InChI is InChI=1S/C31H48O5/c1-8-25-15-16-26-23(12-11-17-29(25,26)7)13-14-24-18-31(34,19-27(32)22(24)6)35-20-28(33)36-30(9-2,10-3)21(4)5/h13-15,21,26-27,32,34H,6,8-12,16-20H2,1-5,7H3/t26-,27?,29+,31-/m0/s1. The number of hydrogen-bond donors (Lipinski definition) is 2. The van der Waals surface area contributed by atoms with Gasteiger partial charge in [0.05, 0.1) is 6.10 Å². The molecule has 0 radical (unpaired) electrons. The van der Waals surface area contributed by atoms with E-state index < -0.39 is 23.5 Å². The molecule has 5 nitrogen and oxygen atoms in total. The third-order valence-electron chi connectivity index (χ3n) is 9.41. The molecule has 0 aliphatic heterocycles. The highest BCUT2D eigenvalue weighted by molar-refractivity contribution is 5.71. The van der Waals surface area contributed by atoms with E-state index in [-0.39, 0.29) is 30.8 Å². The quantitative estimate of drug-likeness (QED) is 0.213. The smallest absolute Gasteiger partial charge is 0.332 e. The van der Waals surface area contributed by atoms with Gasteiger partial charge >= 0.3 is 5.97 Å². The third-order valence-corrected chi connectivity index (χ3v) is 9.41. The van der Waals surface area contributed by atoms with E-state index in [1.54, 1.807) is 5.57 Å². The molecule has 0 aromatic rings. The van der Waals surface area contributed by atoms with Crippen molar-refractivity contribution in [2.75, 3.05) is 6.61 Å². The van der Waals surface area contributed by atoms with Gasteiger partial charge in [0.1, 0.15) is 12.2 Å². The summed E-state index contributed by atoms with van der Waals surface area (Å²) in [5.41, 5.74) is 4.08. The molecule has 3 aliphatic rings. The SMILES string of the molecule is C=C1C(=CC=C2CCC[C@]3(C)C(CC)=CC[C@@H]23)C[C@](O)(OCC(=O)OC(CC)(CC)C(C)C)CC1O. The van der Waals surface area contributed by atoms with Gasteiger partial charge in [0.25, 0.3) is 0 Å². The highest BCUT2D eigenvalue weighted by atomic mass is 16.6. The van der Waals surface area contributed by atoms with Crippen LogP contribution in [0.25, 0.3) is 0 Å². The Morgan fingerprint density at radius 3 is 2.58 bits per heavy atom. The van der Waals surface area contributed by atoms with Crippen molar-refractivity contribution in [3.8, 4) is 0 Å². The maximum Gasteiger partial charge on any atom is 0.332 e. The zero-order valence-electron chi connectivity index (χ0n) is 23.4. The van der Waals surface area contributed by atoms with Crippen LogP contribution in [0.2, 0.25) is 0 Å². The first-order chi connectivity index (χ1) is 16.9. The predicted octanol–water partition coefficient (Wildman–Crippen LogP) is 6.56. The van der Waals surface area contributed by atoms with Gasteiger partial charge in [0.15, 0.2) is 5.79 Å².